The van der Waals surface area contributed by atoms with Crippen molar-refractivity contribution >= 4 is 5.91 Å². The summed E-state index contributed by atoms with van der Waals surface area (Å²) >= 11 is 0. The molecule has 0 aliphatic carbocycles. The molecule has 0 unspecified atom stereocenters. The molecule has 1 atom stereocenters. The number of unbranched alkanes of at least 4 members (excludes halogenated alkanes) is 3. The highest BCUT2D eigenvalue weighted by molar-refractivity contribution is 6.00. The van der Waals surface area contributed by atoms with E-state index in [1.165, 1.54) is 12.8 Å². The Morgan fingerprint density at radius 2 is 1.91 bits per heavy atom. The van der Waals surface area contributed by atoms with Gasteiger partial charge in [0.2, 0.25) is 0 Å². The Kier molecular flexibility index (Phi) is 7.92. The number of hydrogen-bond donors (Lipinski definition) is 3. The van der Waals surface area contributed by atoms with Crippen LogP contribution in [0.2, 0.25) is 0 Å². The van der Waals surface area contributed by atoms with Gasteiger partial charge in [0, 0.05) is 24.3 Å². The molecule has 8 nitrogen and oxygen atoms in total. The van der Waals surface area contributed by atoms with E-state index in [1.54, 1.807) is 30.2 Å². The van der Waals surface area contributed by atoms with E-state index in [9.17, 15) is 15.0 Å². The van der Waals surface area contributed by atoms with Crippen molar-refractivity contribution in [1.29, 1.82) is 0 Å². The first-order chi connectivity index (χ1) is 17.1. The molecule has 2 aromatic carbocycles. The highest BCUT2D eigenvalue weighted by Crippen LogP contribution is 2.45. The van der Waals surface area contributed by atoms with E-state index < -0.39 is 6.04 Å². The van der Waals surface area contributed by atoms with Crippen LogP contribution in [0.5, 0.6) is 17.2 Å². The fraction of sp³-hybridized carbons (Fsp3) is 0.407. The number of aliphatic hydroxyl groups is 1. The number of nitrogens with one attached hydrogen (secondary N) is 1. The average molecular weight is 480 g/mol. The number of ether oxygens (including phenoxy) is 2. The summed E-state index contributed by atoms with van der Waals surface area (Å²) in [6.07, 6.45) is 4.91. The maximum absolute atomic E-state index is 13.3. The molecule has 1 aromatic heterocycles. The average Bonchev–Trinajstić information content (AvgIpc) is 3.41. The first-order valence-corrected chi connectivity index (χ1v) is 12.2. The number of aromatic hydroxyl groups is 1. The molecule has 1 amide bonds. The molecular formula is C27H33N3O5. The van der Waals surface area contributed by atoms with Crippen LogP contribution in [-0.4, -0.2) is 58.1 Å². The van der Waals surface area contributed by atoms with Crippen molar-refractivity contribution in [3.05, 3.63) is 59.3 Å². The number of amides is 1. The Balaban J connectivity index is 1.71. The summed E-state index contributed by atoms with van der Waals surface area (Å²) in [6, 6.07) is 12.2. The number of H-pyrrole nitrogens is 1. The third kappa shape index (κ3) is 4.98. The number of carbonyl (C=O) groups is 1. The maximum Gasteiger partial charge on any atom is 0.273 e. The van der Waals surface area contributed by atoms with Gasteiger partial charge in [-0.3, -0.25) is 9.89 Å². The maximum atomic E-state index is 13.3. The summed E-state index contributed by atoms with van der Waals surface area (Å²) in [5.41, 5.74) is 3.00. The van der Waals surface area contributed by atoms with Crippen molar-refractivity contribution < 1.29 is 24.5 Å². The SMILES string of the molecule is CCCCCCOc1ccc([C@H]2c3c(-c4ccccc4O)n[nH]c3C(=O)N2CCCO)cc1OC. The number of aromatic nitrogens is 2. The van der Waals surface area contributed by atoms with Crippen LogP contribution in [0.25, 0.3) is 11.3 Å². The molecule has 0 fully saturated rings. The topological polar surface area (TPSA) is 108 Å². The molecule has 1 aliphatic rings. The predicted molar refractivity (Wildman–Crippen MR) is 133 cm³/mol. The van der Waals surface area contributed by atoms with Crippen molar-refractivity contribution in [2.45, 2.75) is 45.1 Å². The summed E-state index contributed by atoms with van der Waals surface area (Å²) in [5, 5.41) is 27.2. The van der Waals surface area contributed by atoms with Gasteiger partial charge in [-0.05, 0) is 42.7 Å². The van der Waals surface area contributed by atoms with Crippen LogP contribution in [-0.2, 0) is 0 Å². The quantitative estimate of drug-likeness (QED) is 0.326. The fourth-order valence-corrected chi connectivity index (χ4v) is 4.58. The first-order valence-electron chi connectivity index (χ1n) is 12.2. The molecule has 0 spiro atoms. The van der Waals surface area contributed by atoms with E-state index in [2.05, 4.69) is 17.1 Å². The van der Waals surface area contributed by atoms with Gasteiger partial charge in [0.05, 0.1) is 19.8 Å². The molecule has 8 heteroatoms. The second-order valence-electron chi connectivity index (χ2n) is 8.68. The normalized spacial score (nSPS) is 14.9. The second-order valence-corrected chi connectivity index (χ2v) is 8.68. The van der Waals surface area contributed by atoms with Gasteiger partial charge >= 0.3 is 0 Å². The van der Waals surface area contributed by atoms with Crippen LogP contribution >= 0.6 is 0 Å². The third-order valence-electron chi connectivity index (χ3n) is 6.34. The van der Waals surface area contributed by atoms with Gasteiger partial charge in [-0.25, -0.2) is 0 Å². The molecule has 0 bridgehead atoms. The lowest BCUT2D eigenvalue weighted by atomic mass is 9.95. The standard InChI is InChI=1S/C27H33N3O5/c1-3-4-5-8-16-35-21-13-12-18(17-22(21)34-2)26-23-24(19-10-6-7-11-20(19)32)28-29-25(23)27(33)30(26)14-9-15-31/h6-7,10-13,17,26,31-32H,3-5,8-9,14-16H2,1-2H3,(H,28,29)/t26-/m0/s1. The van der Waals surface area contributed by atoms with E-state index >= 15 is 0 Å². The third-order valence-corrected chi connectivity index (χ3v) is 6.34. The highest BCUT2D eigenvalue weighted by Gasteiger charge is 2.42. The summed E-state index contributed by atoms with van der Waals surface area (Å²) in [6.45, 7) is 3.14. The lowest BCUT2D eigenvalue weighted by Gasteiger charge is -2.27. The number of hydrogen-bond acceptors (Lipinski definition) is 6. The van der Waals surface area contributed by atoms with E-state index in [-0.39, 0.29) is 18.3 Å². The summed E-state index contributed by atoms with van der Waals surface area (Å²) in [4.78, 5) is 15.0. The van der Waals surface area contributed by atoms with Crippen LogP contribution in [0.4, 0.5) is 0 Å². The molecule has 1 aliphatic heterocycles. The molecule has 3 aromatic rings. The molecule has 2 heterocycles. The minimum atomic E-state index is -0.454. The number of nitrogens with zero attached hydrogens (tertiary/aromatic N) is 2. The van der Waals surface area contributed by atoms with Crippen molar-refractivity contribution in [2.75, 3.05) is 26.9 Å². The Morgan fingerprint density at radius 1 is 1.09 bits per heavy atom. The first kappa shape index (κ1) is 24.6. The van der Waals surface area contributed by atoms with E-state index in [4.69, 9.17) is 9.47 Å². The number of phenolic OH excluding ortho intramolecular Hbond substituents is 1. The monoisotopic (exact) mass is 479 g/mol. The van der Waals surface area contributed by atoms with Crippen LogP contribution in [0.15, 0.2) is 42.5 Å². The van der Waals surface area contributed by atoms with E-state index in [0.717, 1.165) is 18.4 Å². The lowest BCUT2D eigenvalue weighted by molar-refractivity contribution is 0.0732. The molecule has 186 valence electrons. The largest absolute Gasteiger partial charge is 0.507 e. The van der Waals surface area contributed by atoms with Crippen LogP contribution in [0.3, 0.4) is 0 Å². The minimum Gasteiger partial charge on any atom is -0.507 e. The zero-order valence-electron chi connectivity index (χ0n) is 20.3. The zero-order chi connectivity index (χ0) is 24.8. The number of phenols is 1. The molecule has 0 saturated carbocycles. The summed E-state index contributed by atoms with van der Waals surface area (Å²) in [5.74, 6) is 1.15. The molecule has 0 radical (unpaired) electrons. The fourth-order valence-electron chi connectivity index (χ4n) is 4.58. The van der Waals surface area contributed by atoms with Crippen molar-refractivity contribution in [3.63, 3.8) is 0 Å². The van der Waals surface area contributed by atoms with E-state index in [0.29, 0.717) is 53.6 Å². The highest BCUT2D eigenvalue weighted by atomic mass is 16.5. The molecule has 0 saturated heterocycles. The van der Waals surface area contributed by atoms with Gasteiger partial charge in [-0.2, -0.15) is 5.10 Å². The van der Waals surface area contributed by atoms with Crippen LogP contribution < -0.4 is 9.47 Å². The number of rotatable bonds is 12. The van der Waals surface area contributed by atoms with Crippen LogP contribution in [0, 0.1) is 0 Å². The Morgan fingerprint density at radius 3 is 2.66 bits per heavy atom. The van der Waals surface area contributed by atoms with Crippen molar-refractivity contribution in [3.8, 4) is 28.5 Å². The zero-order valence-corrected chi connectivity index (χ0v) is 20.3. The Hall–Kier alpha value is -3.52. The molecule has 4 rings (SSSR count). The smallest absolute Gasteiger partial charge is 0.273 e. The van der Waals surface area contributed by atoms with Crippen molar-refractivity contribution in [1.82, 2.24) is 15.1 Å². The number of methoxy groups -OCH3 is 1. The number of para-hydroxylation sites is 1. The van der Waals surface area contributed by atoms with Gasteiger partial charge < -0.3 is 24.6 Å². The van der Waals surface area contributed by atoms with Gasteiger partial charge in [0.15, 0.2) is 11.5 Å². The Bertz CT molecular complexity index is 1160. The predicted octanol–water partition coefficient (Wildman–Crippen LogP) is 4.68. The number of benzene rings is 2. The number of aromatic amines is 1. The Labute approximate surface area is 205 Å². The number of fused-ring (bicyclic) bond motifs is 1. The number of aliphatic hydroxyl groups excluding tert-OH is 1. The summed E-state index contributed by atoms with van der Waals surface area (Å²) < 4.78 is 11.6. The van der Waals surface area contributed by atoms with Crippen LogP contribution in [0.1, 0.15) is 66.7 Å². The number of carbonyl (C=O) groups excluding carboxylic acids is 1. The molecular weight excluding hydrogens is 446 g/mol. The second kappa shape index (κ2) is 11.3. The molecule has 35 heavy (non-hydrogen) atoms. The molecule has 3 N–H and O–H groups in total. The van der Waals surface area contributed by atoms with Crippen molar-refractivity contribution in [2.24, 2.45) is 0 Å². The lowest BCUT2D eigenvalue weighted by Crippen LogP contribution is -2.31. The van der Waals surface area contributed by atoms with Gasteiger partial charge in [0.1, 0.15) is 17.1 Å². The van der Waals surface area contributed by atoms with Gasteiger partial charge in [0.25, 0.3) is 5.91 Å². The van der Waals surface area contributed by atoms with E-state index in [1.807, 2.05) is 24.3 Å². The summed E-state index contributed by atoms with van der Waals surface area (Å²) in [7, 11) is 1.60. The minimum absolute atomic E-state index is 0.0247. The van der Waals surface area contributed by atoms with Gasteiger partial charge in [-0.15, -0.1) is 0 Å². The van der Waals surface area contributed by atoms with Gasteiger partial charge in [-0.1, -0.05) is 44.4 Å².